The van der Waals surface area contributed by atoms with E-state index in [1.165, 1.54) is 0 Å². The van der Waals surface area contributed by atoms with Crippen molar-refractivity contribution in [1.29, 1.82) is 0 Å². The lowest BCUT2D eigenvalue weighted by Gasteiger charge is -2.32. The molecule has 0 bridgehead atoms. The molecule has 1 aliphatic heterocycles. The molecule has 24 heteroatoms. The van der Waals surface area contributed by atoms with Gasteiger partial charge in [-0.2, -0.15) is 0 Å². The summed E-state index contributed by atoms with van der Waals surface area (Å²) in [6.07, 6.45) is 3.18. The minimum absolute atomic E-state index is 0.0442. The Balaban J connectivity index is 1.96. The first-order valence-corrected chi connectivity index (χ1v) is 21.8. The van der Waals surface area contributed by atoms with Gasteiger partial charge in [0.1, 0.15) is 22.5 Å². The zero-order valence-electron chi connectivity index (χ0n) is 35.8. The summed E-state index contributed by atoms with van der Waals surface area (Å²) in [4.78, 5) is 121. The maximum absolute atomic E-state index is 13.5. The van der Waals surface area contributed by atoms with E-state index in [0.29, 0.717) is 43.4 Å². The van der Waals surface area contributed by atoms with Crippen LogP contribution in [0.1, 0.15) is 69.8 Å². The Labute approximate surface area is 378 Å². The number of carbonyl (C=O) groups is 9. The number of nitrogens with zero attached hydrogens (tertiary/aromatic N) is 6. The molecule has 0 aromatic carbocycles. The van der Waals surface area contributed by atoms with Gasteiger partial charge in [-0.15, -0.1) is 0 Å². The van der Waals surface area contributed by atoms with E-state index in [-0.39, 0.29) is 116 Å². The van der Waals surface area contributed by atoms with Crippen molar-refractivity contribution in [3.63, 3.8) is 0 Å². The van der Waals surface area contributed by atoms with Gasteiger partial charge in [0.2, 0.25) is 5.91 Å². The number of rotatable bonds is 28. The van der Waals surface area contributed by atoms with Crippen LogP contribution in [0.3, 0.4) is 0 Å². The molecule has 1 aromatic heterocycles. The van der Waals surface area contributed by atoms with Crippen molar-refractivity contribution < 1.29 is 73.8 Å². The highest BCUT2D eigenvalue weighted by Crippen LogP contribution is 2.14. The van der Waals surface area contributed by atoms with E-state index in [4.69, 9.17) is 5.11 Å². The van der Waals surface area contributed by atoms with Crippen LogP contribution in [-0.2, 0) is 44.9 Å². The molecule has 0 spiro atoms. The van der Waals surface area contributed by atoms with Crippen molar-refractivity contribution in [3.05, 3.63) is 28.5 Å². The van der Waals surface area contributed by atoms with E-state index in [1.54, 1.807) is 37.9 Å². The van der Waals surface area contributed by atoms with Gasteiger partial charge in [0.05, 0.1) is 26.2 Å². The second-order valence-corrected chi connectivity index (χ2v) is 16.3. The SMILES string of the molecule is O=C(O)CC[C@H](NC(=O)N[C@@H](CCCCN(Cc1ccc(Br)nc1)C(=O)CCCCCC(=O)CN1CCN(CC(=O)O)CCN(CC(=O)O)CCN(CC(=O)O)CC1)C(=O)O)C(=O)O. The van der Waals surface area contributed by atoms with Gasteiger partial charge in [-0.25, -0.2) is 19.4 Å². The van der Waals surface area contributed by atoms with Crippen molar-refractivity contribution in [2.45, 2.75) is 82.8 Å². The summed E-state index contributed by atoms with van der Waals surface area (Å²) >= 11 is 3.29. The van der Waals surface area contributed by atoms with Gasteiger partial charge in [0.25, 0.3) is 0 Å². The van der Waals surface area contributed by atoms with Gasteiger partial charge < -0.3 is 46.2 Å². The van der Waals surface area contributed by atoms with E-state index in [9.17, 15) is 68.7 Å². The lowest BCUT2D eigenvalue weighted by atomic mass is 10.1. The third-order valence-electron chi connectivity index (χ3n) is 10.3. The van der Waals surface area contributed by atoms with Crippen LogP contribution < -0.4 is 10.6 Å². The number of aliphatic carboxylic acids is 6. The van der Waals surface area contributed by atoms with Crippen molar-refractivity contribution in [2.75, 3.05) is 85.1 Å². The average Bonchev–Trinajstić information content (AvgIpc) is 3.20. The second-order valence-electron chi connectivity index (χ2n) is 15.5. The van der Waals surface area contributed by atoms with Gasteiger partial charge in [-0.3, -0.25) is 48.4 Å². The topological polar surface area (TPSA) is 328 Å². The second kappa shape index (κ2) is 29.9. The highest BCUT2D eigenvalue weighted by Gasteiger charge is 2.26. The van der Waals surface area contributed by atoms with Gasteiger partial charge in [0.15, 0.2) is 0 Å². The van der Waals surface area contributed by atoms with E-state index in [0.717, 1.165) is 5.56 Å². The zero-order valence-corrected chi connectivity index (χ0v) is 37.4. The van der Waals surface area contributed by atoms with Crippen LogP contribution in [0.25, 0.3) is 0 Å². The van der Waals surface area contributed by atoms with Gasteiger partial charge in [0, 0.05) is 90.9 Å². The molecule has 0 unspecified atom stereocenters. The first kappa shape index (κ1) is 54.8. The molecule has 23 nitrogen and oxygen atoms in total. The summed E-state index contributed by atoms with van der Waals surface area (Å²) in [6, 6.07) is -0.480. The molecular formula is C40H61BrN8O15. The maximum atomic E-state index is 13.5. The van der Waals surface area contributed by atoms with Crippen LogP contribution in [-0.4, -0.2) is 211 Å². The van der Waals surface area contributed by atoms with Crippen molar-refractivity contribution in [1.82, 2.24) is 40.1 Å². The number of amides is 3. The summed E-state index contributed by atoms with van der Waals surface area (Å²) in [5, 5.41) is 60.4. The Hall–Kier alpha value is -5.30. The fourth-order valence-corrected chi connectivity index (χ4v) is 7.09. The molecule has 2 atom stereocenters. The summed E-state index contributed by atoms with van der Waals surface area (Å²) in [7, 11) is 0. The molecule has 2 rings (SSSR count). The largest absolute Gasteiger partial charge is 0.481 e. The number of carboxylic acid groups (broad SMARTS) is 6. The molecule has 1 saturated heterocycles. The van der Waals surface area contributed by atoms with Crippen LogP contribution in [0.2, 0.25) is 0 Å². The fourth-order valence-electron chi connectivity index (χ4n) is 6.85. The molecule has 2 heterocycles. The lowest BCUT2D eigenvalue weighted by molar-refractivity contribution is -0.141. The number of hydrogen-bond donors (Lipinski definition) is 8. The van der Waals surface area contributed by atoms with Crippen LogP contribution in [0, 0.1) is 0 Å². The first-order chi connectivity index (χ1) is 30.3. The summed E-state index contributed by atoms with van der Waals surface area (Å²) in [5.41, 5.74) is 0.749. The number of ketones is 1. The molecule has 358 valence electrons. The molecule has 1 fully saturated rings. The molecule has 8 N–H and O–H groups in total. The predicted octanol–water partition coefficient (Wildman–Crippen LogP) is 0.408. The van der Waals surface area contributed by atoms with Gasteiger partial charge in [-0.05, 0) is 66.1 Å². The highest BCUT2D eigenvalue weighted by atomic mass is 79.9. The number of unbranched alkanes of at least 4 members (excludes halogenated alkanes) is 3. The minimum Gasteiger partial charge on any atom is -0.481 e. The predicted molar refractivity (Wildman–Crippen MR) is 229 cm³/mol. The van der Waals surface area contributed by atoms with E-state index in [1.807, 2.05) is 4.90 Å². The Morgan fingerprint density at radius 1 is 0.578 bits per heavy atom. The van der Waals surface area contributed by atoms with Gasteiger partial charge >= 0.3 is 41.8 Å². The molecule has 1 aromatic rings. The summed E-state index contributed by atoms with van der Waals surface area (Å²) in [6.45, 7) is 1.95. The van der Waals surface area contributed by atoms with Crippen molar-refractivity contribution >= 4 is 69.5 Å². The lowest BCUT2D eigenvalue weighted by Crippen LogP contribution is -2.51. The quantitative estimate of drug-likeness (QED) is 0.0416. The van der Waals surface area contributed by atoms with Crippen LogP contribution in [0.15, 0.2) is 22.9 Å². The first-order valence-electron chi connectivity index (χ1n) is 21.0. The van der Waals surface area contributed by atoms with Crippen LogP contribution >= 0.6 is 15.9 Å². The number of halogens is 1. The summed E-state index contributed by atoms with van der Waals surface area (Å²) in [5.74, 6) is -7.50. The average molecular weight is 974 g/mol. The Bertz CT molecular complexity index is 1690. The number of carboxylic acids is 6. The maximum Gasteiger partial charge on any atom is 0.326 e. The van der Waals surface area contributed by atoms with E-state index in [2.05, 4.69) is 31.5 Å². The third kappa shape index (κ3) is 24.5. The van der Waals surface area contributed by atoms with Crippen LogP contribution in [0.4, 0.5) is 4.79 Å². The number of carbonyl (C=O) groups excluding carboxylic acids is 3. The van der Waals surface area contributed by atoms with Crippen molar-refractivity contribution in [2.24, 2.45) is 0 Å². The zero-order chi connectivity index (χ0) is 47.6. The number of hydrogen-bond acceptors (Lipinski definition) is 14. The Morgan fingerprint density at radius 3 is 1.48 bits per heavy atom. The number of nitrogens with one attached hydrogen (secondary N) is 2. The molecule has 0 saturated carbocycles. The Kier molecular flexibility index (Phi) is 25.7. The molecule has 3 amide bonds. The standard InChI is InChI=1S/C40H61BrN8O15/c41-32-11-9-28(22-42-32)23-49(13-5-4-7-30(38(60)61)43-40(64)44-31(39(62)63)10-12-34(52)53)33(51)8-3-1-2-6-29(50)24-45-14-16-46(25-35(54)55)18-20-48(27-37(58)59)21-19-47(17-15-45)26-36(56)57/h9,11,22,30-31H,1-8,10,12-21,23-27H2,(H,52,53)(H,54,55)(H,56,57)(H,58,59)(H,60,61)(H,62,63)(H2,43,44,64)/t30-,31-/m0/s1. The monoisotopic (exact) mass is 972 g/mol. The number of pyridine rings is 1. The molecule has 1 aliphatic rings. The van der Waals surface area contributed by atoms with E-state index >= 15 is 0 Å². The van der Waals surface area contributed by atoms with Crippen molar-refractivity contribution in [3.8, 4) is 0 Å². The fraction of sp³-hybridized carbons (Fsp3) is 0.650. The van der Waals surface area contributed by atoms with E-state index < -0.39 is 66.8 Å². The molecule has 0 radical (unpaired) electrons. The molecule has 64 heavy (non-hydrogen) atoms. The van der Waals surface area contributed by atoms with Crippen LogP contribution in [0.5, 0.6) is 0 Å². The number of urea groups is 1. The number of aromatic nitrogens is 1. The Morgan fingerprint density at radius 2 is 1.05 bits per heavy atom. The van der Waals surface area contributed by atoms with Gasteiger partial charge in [-0.1, -0.05) is 12.5 Å². The number of Topliss-reactive ketones (excluding diaryl/α,β-unsaturated/α-hetero) is 1. The molecule has 0 aliphatic carbocycles. The highest BCUT2D eigenvalue weighted by molar-refractivity contribution is 9.10. The summed E-state index contributed by atoms with van der Waals surface area (Å²) < 4.78 is 0.603. The smallest absolute Gasteiger partial charge is 0.326 e. The normalized spacial score (nSPS) is 15.7. The minimum atomic E-state index is -1.54. The molecular weight excluding hydrogens is 912 g/mol. The third-order valence-corrected chi connectivity index (χ3v) is 10.8.